The fourth-order valence-electron chi connectivity index (χ4n) is 2.25. The van der Waals surface area contributed by atoms with Crippen LogP contribution in [-0.4, -0.2) is 29.3 Å². The lowest BCUT2D eigenvalue weighted by molar-refractivity contribution is -0.132. The molecule has 0 aromatic carbocycles. The molecule has 0 aromatic rings. The number of halogens is 1. The molecule has 1 amide bonds. The normalized spacial score (nSPS) is 20.9. The molecule has 1 rings (SSSR count). The van der Waals surface area contributed by atoms with Crippen LogP contribution in [-0.2, 0) is 4.79 Å². The predicted octanol–water partition coefficient (Wildman–Crippen LogP) is 3.19. The first-order valence-electron chi connectivity index (χ1n) is 6.15. The SMILES string of the molecule is CCCCC(=O)N1CCCC1CCCCl. The Morgan fingerprint density at radius 2 is 2.27 bits per heavy atom. The van der Waals surface area contributed by atoms with Crippen LogP contribution in [0.3, 0.4) is 0 Å². The number of carbonyl (C=O) groups excluding carboxylic acids is 1. The molecular formula is C12H22ClNO. The molecule has 3 heteroatoms. The van der Waals surface area contributed by atoms with Gasteiger partial charge in [-0.25, -0.2) is 0 Å². The van der Waals surface area contributed by atoms with Crippen molar-refractivity contribution >= 4 is 17.5 Å². The van der Waals surface area contributed by atoms with Crippen molar-refractivity contribution in [2.75, 3.05) is 12.4 Å². The lowest BCUT2D eigenvalue weighted by atomic mass is 10.1. The average molecular weight is 232 g/mol. The molecule has 0 N–H and O–H groups in total. The van der Waals surface area contributed by atoms with Gasteiger partial charge >= 0.3 is 0 Å². The van der Waals surface area contributed by atoms with Gasteiger partial charge in [-0.15, -0.1) is 11.6 Å². The van der Waals surface area contributed by atoms with E-state index in [-0.39, 0.29) is 0 Å². The van der Waals surface area contributed by atoms with Crippen molar-refractivity contribution in [3.05, 3.63) is 0 Å². The second kappa shape index (κ2) is 7.10. The molecule has 1 aliphatic rings. The Labute approximate surface area is 98.0 Å². The number of rotatable bonds is 6. The Bertz CT molecular complexity index is 196. The molecule has 15 heavy (non-hydrogen) atoms. The second-order valence-electron chi connectivity index (χ2n) is 4.32. The topological polar surface area (TPSA) is 20.3 Å². The quantitative estimate of drug-likeness (QED) is 0.643. The molecule has 0 radical (unpaired) electrons. The van der Waals surface area contributed by atoms with Gasteiger partial charge in [-0.3, -0.25) is 4.79 Å². The van der Waals surface area contributed by atoms with E-state index in [0.717, 1.165) is 38.6 Å². The summed E-state index contributed by atoms with van der Waals surface area (Å²) in [7, 11) is 0. The molecule has 0 saturated carbocycles. The van der Waals surface area contributed by atoms with Gasteiger partial charge in [0.15, 0.2) is 0 Å². The van der Waals surface area contributed by atoms with Crippen molar-refractivity contribution in [3.63, 3.8) is 0 Å². The number of alkyl halides is 1. The highest BCUT2D eigenvalue weighted by Gasteiger charge is 2.27. The number of amides is 1. The maximum Gasteiger partial charge on any atom is 0.222 e. The molecule has 1 aliphatic heterocycles. The molecule has 1 saturated heterocycles. The first-order valence-corrected chi connectivity index (χ1v) is 6.68. The number of hydrogen-bond acceptors (Lipinski definition) is 1. The molecule has 1 atom stereocenters. The van der Waals surface area contributed by atoms with Crippen LogP contribution in [0.5, 0.6) is 0 Å². The predicted molar refractivity (Wildman–Crippen MR) is 64.2 cm³/mol. The van der Waals surface area contributed by atoms with E-state index in [4.69, 9.17) is 11.6 Å². The molecule has 88 valence electrons. The molecule has 0 bridgehead atoms. The second-order valence-corrected chi connectivity index (χ2v) is 4.70. The van der Waals surface area contributed by atoms with Gasteiger partial charge in [0.2, 0.25) is 5.91 Å². The van der Waals surface area contributed by atoms with E-state index in [1.165, 1.54) is 12.8 Å². The fraction of sp³-hybridized carbons (Fsp3) is 0.917. The molecule has 0 aromatic heterocycles. The largest absolute Gasteiger partial charge is 0.340 e. The Kier molecular flexibility index (Phi) is 6.07. The highest BCUT2D eigenvalue weighted by Crippen LogP contribution is 2.22. The third kappa shape index (κ3) is 4.02. The minimum Gasteiger partial charge on any atom is -0.340 e. The first-order chi connectivity index (χ1) is 7.29. The van der Waals surface area contributed by atoms with Crippen LogP contribution in [0.15, 0.2) is 0 Å². The highest BCUT2D eigenvalue weighted by molar-refractivity contribution is 6.17. The number of likely N-dealkylation sites (tertiary alicyclic amines) is 1. The molecule has 0 aliphatic carbocycles. The minimum absolute atomic E-state index is 0.355. The van der Waals surface area contributed by atoms with E-state index in [9.17, 15) is 4.79 Å². The smallest absolute Gasteiger partial charge is 0.222 e. The van der Waals surface area contributed by atoms with Crippen LogP contribution in [0.25, 0.3) is 0 Å². The molecular weight excluding hydrogens is 210 g/mol. The summed E-state index contributed by atoms with van der Waals surface area (Å²) in [5.41, 5.74) is 0. The molecule has 2 nitrogen and oxygen atoms in total. The summed E-state index contributed by atoms with van der Waals surface area (Å²) in [5, 5.41) is 0. The van der Waals surface area contributed by atoms with Crippen LogP contribution < -0.4 is 0 Å². The third-order valence-electron chi connectivity index (χ3n) is 3.11. The van der Waals surface area contributed by atoms with Gasteiger partial charge in [-0.05, 0) is 32.1 Å². The Hall–Kier alpha value is -0.240. The van der Waals surface area contributed by atoms with Gasteiger partial charge in [0.25, 0.3) is 0 Å². The molecule has 1 heterocycles. The first kappa shape index (κ1) is 12.8. The number of unbranched alkanes of at least 4 members (excludes halogenated alkanes) is 1. The van der Waals surface area contributed by atoms with E-state index in [0.29, 0.717) is 17.8 Å². The standard InChI is InChI=1S/C12H22ClNO/c1-2-3-8-12(15)14-10-5-7-11(14)6-4-9-13/h11H,2-10H2,1H3. The highest BCUT2D eigenvalue weighted by atomic mass is 35.5. The third-order valence-corrected chi connectivity index (χ3v) is 3.38. The van der Waals surface area contributed by atoms with Crippen molar-refractivity contribution in [3.8, 4) is 0 Å². The summed E-state index contributed by atoms with van der Waals surface area (Å²) in [5.74, 6) is 1.07. The van der Waals surface area contributed by atoms with E-state index >= 15 is 0 Å². The molecule has 0 spiro atoms. The lowest BCUT2D eigenvalue weighted by Crippen LogP contribution is -2.35. The summed E-state index contributed by atoms with van der Waals surface area (Å²) < 4.78 is 0. The van der Waals surface area contributed by atoms with E-state index in [1.54, 1.807) is 0 Å². The summed E-state index contributed by atoms with van der Waals surface area (Å²) in [6, 6.07) is 0.480. The van der Waals surface area contributed by atoms with Crippen molar-refractivity contribution in [2.24, 2.45) is 0 Å². The van der Waals surface area contributed by atoms with E-state index in [2.05, 4.69) is 11.8 Å². The van der Waals surface area contributed by atoms with Gasteiger partial charge in [-0.1, -0.05) is 13.3 Å². The van der Waals surface area contributed by atoms with Gasteiger partial charge in [0.05, 0.1) is 0 Å². The molecule has 1 unspecified atom stereocenters. The minimum atomic E-state index is 0.355. The Balaban J connectivity index is 2.34. The average Bonchev–Trinajstić information content (AvgIpc) is 2.71. The van der Waals surface area contributed by atoms with Crippen LogP contribution in [0.1, 0.15) is 51.9 Å². The molecule has 1 fully saturated rings. The maximum absolute atomic E-state index is 11.9. The monoisotopic (exact) mass is 231 g/mol. The van der Waals surface area contributed by atoms with Crippen LogP contribution in [0, 0.1) is 0 Å². The van der Waals surface area contributed by atoms with E-state index < -0.39 is 0 Å². The summed E-state index contributed by atoms with van der Waals surface area (Å²) in [6.45, 7) is 3.09. The summed E-state index contributed by atoms with van der Waals surface area (Å²) in [4.78, 5) is 14.0. The van der Waals surface area contributed by atoms with E-state index in [1.807, 2.05) is 0 Å². The van der Waals surface area contributed by atoms with Crippen LogP contribution >= 0.6 is 11.6 Å². The van der Waals surface area contributed by atoms with Gasteiger partial charge in [-0.2, -0.15) is 0 Å². The van der Waals surface area contributed by atoms with Crippen LogP contribution in [0.2, 0.25) is 0 Å². The van der Waals surface area contributed by atoms with Gasteiger partial charge in [0, 0.05) is 24.9 Å². The fourth-order valence-corrected chi connectivity index (χ4v) is 2.40. The number of nitrogens with zero attached hydrogens (tertiary/aromatic N) is 1. The van der Waals surface area contributed by atoms with Gasteiger partial charge in [0.1, 0.15) is 0 Å². The van der Waals surface area contributed by atoms with Crippen molar-refractivity contribution in [2.45, 2.75) is 57.9 Å². The van der Waals surface area contributed by atoms with Crippen molar-refractivity contribution in [1.29, 1.82) is 0 Å². The zero-order valence-electron chi connectivity index (χ0n) is 9.67. The van der Waals surface area contributed by atoms with Crippen molar-refractivity contribution < 1.29 is 4.79 Å². The summed E-state index contributed by atoms with van der Waals surface area (Å²) in [6.07, 6.45) is 7.32. The summed E-state index contributed by atoms with van der Waals surface area (Å²) >= 11 is 5.69. The number of hydrogen-bond donors (Lipinski definition) is 0. The van der Waals surface area contributed by atoms with Gasteiger partial charge < -0.3 is 4.90 Å². The van der Waals surface area contributed by atoms with Crippen LogP contribution in [0.4, 0.5) is 0 Å². The lowest BCUT2D eigenvalue weighted by Gasteiger charge is -2.24. The zero-order valence-corrected chi connectivity index (χ0v) is 10.4. The maximum atomic E-state index is 11.9. The Morgan fingerprint density at radius 1 is 1.47 bits per heavy atom. The van der Waals surface area contributed by atoms with Crippen molar-refractivity contribution in [1.82, 2.24) is 4.90 Å². The zero-order chi connectivity index (χ0) is 11.1. The Morgan fingerprint density at radius 3 is 2.93 bits per heavy atom. The number of carbonyl (C=O) groups is 1.